The van der Waals surface area contributed by atoms with Crippen molar-refractivity contribution in [2.75, 3.05) is 6.54 Å². The molecule has 0 spiro atoms. The molecule has 104 valence electrons. The SMILES string of the molecule is O=C(O)CNC(=O)c1c(O)sc2cc(F)ccc2c1=O. The third-order valence-electron chi connectivity index (χ3n) is 2.46. The van der Waals surface area contributed by atoms with E-state index in [4.69, 9.17) is 5.11 Å². The number of halogens is 1. The number of aromatic hydroxyl groups is 1. The molecule has 0 radical (unpaired) electrons. The maximum Gasteiger partial charge on any atom is 0.322 e. The van der Waals surface area contributed by atoms with Crippen molar-refractivity contribution in [3.63, 3.8) is 0 Å². The van der Waals surface area contributed by atoms with Gasteiger partial charge in [0.1, 0.15) is 17.9 Å². The quantitative estimate of drug-likeness (QED) is 0.781. The second kappa shape index (κ2) is 5.25. The Morgan fingerprint density at radius 2 is 2.05 bits per heavy atom. The highest BCUT2D eigenvalue weighted by Gasteiger charge is 2.19. The van der Waals surface area contributed by atoms with Crippen molar-refractivity contribution in [3.8, 4) is 5.06 Å². The van der Waals surface area contributed by atoms with Crippen molar-refractivity contribution in [2.45, 2.75) is 0 Å². The van der Waals surface area contributed by atoms with Gasteiger partial charge in [0.05, 0.1) is 0 Å². The number of nitrogens with one attached hydrogen (secondary N) is 1. The summed E-state index contributed by atoms with van der Waals surface area (Å²) in [7, 11) is 0. The molecule has 1 aromatic carbocycles. The lowest BCUT2D eigenvalue weighted by Gasteiger charge is -2.05. The summed E-state index contributed by atoms with van der Waals surface area (Å²) >= 11 is 0.667. The molecule has 0 saturated heterocycles. The molecular formula is C12H8FNO5S. The van der Waals surface area contributed by atoms with Gasteiger partial charge in [-0.3, -0.25) is 14.4 Å². The zero-order chi connectivity index (χ0) is 14.9. The second-order valence-corrected chi connectivity index (χ2v) is 4.86. The van der Waals surface area contributed by atoms with Gasteiger partial charge in [-0.1, -0.05) is 11.3 Å². The van der Waals surface area contributed by atoms with E-state index in [-0.39, 0.29) is 10.1 Å². The Morgan fingerprint density at radius 3 is 2.70 bits per heavy atom. The van der Waals surface area contributed by atoms with Gasteiger partial charge >= 0.3 is 5.97 Å². The summed E-state index contributed by atoms with van der Waals surface area (Å²) in [5.74, 6) is -2.84. The van der Waals surface area contributed by atoms with Gasteiger partial charge in [0.15, 0.2) is 5.06 Å². The van der Waals surface area contributed by atoms with Gasteiger partial charge in [0.25, 0.3) is 5.91 Å². The third kappa shape index (κ3) is 2.59. The largest absolute Gasteiger partial charge is 0.499 e. The first kappa shape index (κ1) is 13.9. The number of fused-ring (bicyclic) bond motifs is 1. The number of rotatable bonds is 3. The lowest BCUT2D eigenvalue weighted by Crippen LogP contribution is -2.32. The Balaban J connectivity index is 2.54. The summed E-state index contributed by atoms with van der Waals surface area (Å²) in [4.78, 5) is 34.1. The molecule has 0 fully saturated rings. The Bertz CT molecular complexity index is 770. The van der Waals surface area contributed by atoms with E-state index < -0.39 is 40.3 Å². The Labute approximate surface area is 115 Å². The summed E-state index contributed by atoms with van der Waals surface area (Å²) in [5, 5.41) is 19.6. The molecule has 2 aromatic rings. The number of hydrogen-bond acceptors (Lipinski definition) is 5. The minimum absolute atomic E-state index is 0.0784. The summed E-state index contributed by atoms with van der Waals surface area (Å²) in [6.45, 7) is -0.677. The summed E-state index contributed by atoms with van der Waals surface area (Å²) < 4.78 is 13.2. The molecule has 0 aliphatic rings. The van der Waals surface area contributed by atoms with Crippen molar-refractivity contribution in [3.05, 3.63) is 39.8 Å². The molecule has 2 rings (SSSR count). The predicted molar refractivity (Wildman–Crippen MR) is 69.7 cm³/mol. The lowest BCUT2D eigenvalue weighted by atomic mass is 10.2. The van der Waals surface area contributed by atoms with Crippen molar-refractivity contribution >= 4 is 33.3 Å². The van der Waals surface area contributed by atoms with Crippen LogP contribution >= 0.6 is 11.3 Å². The van der Waals surface area contributed by atoms with Crippen LogP contribution in [0.15, 0.2) is 23.0 Å². The van der Waals surface area contributed by atoms with E-state index in [2.05, 4.69) is 0 Å². The van der Waals surface area contributed by atoms with Crippen LogP contribution in [0, 0.1) is 5.82 Å². The Hall–Kier alpha value is -2.48. The van der Waals surface area contributed by atoms with Crippen molar-refractivity contribution in [2.24, 2.45) is 0 Å². The van der Waals surface area contributed by atoms with E-state index in [0.717, 1.165) is 12.1 Å². The molecule has 0 saturated carbocycles. The van der Waals surface area contributed by atoms with Crippen LogP contribution in [0.3, 0.4) is 0 Å². The molecule has 0 unspecified atom stereocenters. The lowest BCUT2D eigenvalue weighted by molar-refractivity contribution is -0.135. The van der Waals surface area contributed by atoms with Gasteiger partial charge in [-0.2, -0.15) is 0 Å². The first-order valence-electron chi connectivity index (χ1n) is 5.35. The standard InChI is InChI=1S/C12H8FNO5S/c13-5-1-2-6-7(3-5)20-12(19)9(10(6)17)11(18)14-4-8(15)16/h1-3,19H,4H2,(H,14,18)(H,15,16). The highest BCUT2D eigenvalue weighted by atomic mass is 32.1. The van der Waals surface area contributed by atoms with Crippen LogP contribution in [0.2, 0.25) is 0 Å². The smallest absolute Gasteiger partial charge is 0.322 e. The maximum atomic E-state index is 13.0. The highest BCUT2D eigenvalue weighted by molar-refractivity contribution is 7.20. The number of benzene rings is 1. The molecule has 1 heterocycles. The minimum Gasteiger partial charge on any atom is -0.499 e. The molecule has 0 bridgehead atoms. The number of carbonyl (C=O) groups is 2. The average molecular weight is 297 g/mol. The summed E-state index contributed by atoms with van der Waals surface area (Å²) in [5.41, 5.74) is -1.32. The summed E-state index contributed by atoms with van der Waals surface area (Å²) in [6, 6.07) is 3.34. The number of amides is 1. The van der Waals surface area contributed by atoms with Gasteiger partial charge in [-0.25, -0.2) is 4.39 Å². The zero-order valence-electron chi connectivity index (χ0n) is 9.84. The molecule has 8 heteroatoms. The van der Waals surface area contributed by atoms with Gasteiger partial charge in [0.2, 0.25) is 5.43 Å². The van der Waals surface area contributed by atoms with Crippen molar-refractivity contribution in [1.29, 1.82) is 0 Å². The summed E-state index contributed by atoms with van der Waals surface area (Å²) in [6.07, 6.45) is 0. The van der Waals surface area contributed by atoms with E-state index in [1.807, 2.05) is 5.32 Å². The maximum absolute atomic E-state index is 13.0. The molecule has 0 aliphatic carbocycles. The molecule has 20 heavy (non-hydrogen) atoms. The zero-order valence-corrected chi connectivity index (χ0v) is 10.7. The number of carboxylic acids is 1. The monoisotopic (exact) mass is 297 g/mol. The molecule has 3 N–H and O–H groups in total. The van der Waals surface area contributed by atoms with Gasteiger partial charge in [-0.15, -0.1) is 0 Å². The van der Waals surface area contributed by atoms with Gasteiger partial charge in [-0.05, 0) is 18.2 Å². The van der Waals surface area contributed by atoms with Gasteiger partial charge in [0, 0.05) is 10.1 Å². The predicted octanol–water partition coefficient (Wildman–Crippen LogP) is 0.921. The first-order valence-corrected chi connectivity index (χ1v) is 6.17. The fraction of sp³-hybridized carbons (Fsp3) is 0.0833. The van der Waals surface area contributed by atoms with Gasteiger partial charge < -0.3 is 15.5 Å². The van der Waals surface area contributed by atoms with Crippen molar-refractivity contribution in [1.82, 2.24) is 5.32 Å². The first-order chi connectivity index (χ1) is 9.40. The van der Waals surface area contributed by atoms with E-state index in [1.54, 1.807) is 0 Å². The fourth-order valence-electron chi connectivity index (χ4n) is 1.60. The van der Waals surface area contributed by atoms with E-state index in [0.29, 0.717) is 11.3 Å². The highest BCUT2D eigenvalue weighted by Crippen LogP contribution is 2.28. The van der Waals surface area contributed by atoms with E-state index in [9.17, 15) is 23.9 Å². The van der Waals surface area contributed by atoms with Crippen LogP contribution in [-0.2, 0) is 4.79 Å². The number of aliphatic carboxylic acids is 1. The Morgan fingerprint density at radius 1 is 1.35 bits per heavy atom. The molecule has 1 amide bonds. The normalized spacial score (nSPS) is 10.4. The van der Waals surface area contributed by atoms with Crippen LogP contribution in [0.25, 0.3) is 10.1 Å². The second-order valence-electron chi connectivity index (χ2n) is 3.83. The van der Waals surface area contributed by atoms with E-state index in [1.165, 1.54) is 6.07 Å². The number of carbonyl (C=O) groups excluding carboxylic acids is 1. The minimum atomic E-state index is -1.28. The van der Waals surface area contributed by atoms with E-state index >= 15 is 0 Å². The van der Waals surface area contributed by atoms with Crippen LogP contribution in [0.4, 0.5) is 4.39 Å². The molecule has 6 nitrogen and oxygen atoms in total. The number of hydrogen-bond donors (Lipinski definition) is 3. The molecule has 0 aliphatic heterocycles. The number of carboxylic acid groups (broad SMARTS) is 1. The van der Waals surface area contributed by atoms with Crippen LogP contribution < -0.4 is 10.7 Å². The van der Waals surface area contributed by atoms with Crippen molar-refractivity contribution < 1.29 is 24.2 Å². The fourth-order valence-corrected chi connectivity index (χ4v) is 2.54. The van der Waals surface area contributed by atoms with Crippen LogP contribution in [0.1, 0.15) is 10.4 Å². The van der Waals surface area contributed by atoms with Crippen LogP contribution in [-0.4, -0.2) is 28.6 Å². The molecule has 0 atom stereocenters. The topological polar surface area (TPSA) is 104 Å². The molecular weight excluding hydrogens is 289 g/mol. The third-order valence-corrected chi connectivity index (χ3v) is 3.42. The Kier molecular flexibility index (Phi) is 3.66. The molecule has 1 aromatic heterocycles. The average Bonchev–Trinajstić information content (AvgIpc) is 2.35. The van der Waals surface area contributed by atoms with Crippen LogP contribution in [0.5, 0.6) is 5.06 Å².